The van der Waals surface area contributed by atoms with E-state index < -0.39 is 8.16 Å². The van der Waals surface area contributed by atoms with E-state index in [0.29, 0.717) is 0 Å². The van der Waals surface area contributed by atoms with E-state index in [0.717, 1.165) is 13.2 Å². The van der Waals surface area contributed by atoms with Gasteiger partial charge in [-0.3, -0.25) is 4.52 Å². The molecule has 0 spiro atoms. The van der Waals surface area contributed by atoms with Crippen molar-refractivity contribution in [1.29, 1.82) is 0 Å². The Balaban J connectivity index is 2.38. The van der Waals surface area contributed by atoms with Crippen LogP contribution in [0.5, 0.6) is 0 Å². The smallest absolute Gasteiger partial charge is 0.316 e. The lowest BCUT2D eigenvalue weighted by molar-refractivity contribution is 0.336. The summed E-state index contributed by atoms with van der Waals surface area (Å²) in [5, 5.41) is 0. The van der Waals surface area contributed by atoms with Gasteiger partial charge in [0.25, 0.3) is 0 Å². The maximum atomic E-state index is 5.00. The Labute approximate surface area is 35.7 Å². The number of rotatable bonds is 0. The molecule has 2 rings (SSSR count). The van der Waals surface area contributed by atoms with Gasteiger partial charge >= 0.3 is 8.16 Å². The standard InChI is InChI=1S/C2H4NO2P/c1-2-4-6-3(1)5-6/h1-2H2. The molecule has 0 aliphatic carbocycles. The molecular weight excluding hydrogens is 101 g/mol. The molecule has 1 aliphatic rings. The van der Waals surface area contributed by atoms with Crippen molar-refractivity contribution < 1.29 is 8.83 Å². The summed E-state index contributed by atoms with van der Waals surface area (Å²) >= 11 is 0. The SMILES string of the molecule is C1Cn2op2O1. The molecule has 1 atom stereocenters. The van der Waals surface area contributed by atoms with Crippen LogP contribution in [0, 0.1) is 0 Å². The summed E-state index contributed by atoms with van der Waals surface area (Å²) in [7, 11) is -0.465. The summed E-state index contributed by atoms with van der Waals surface area (Å²) in [6, 6.07) is 0. The molecule has 4 heteroatoms. The van der Waals surface area contributed by atoms with Gasteiger partial charge in [0.1, 0.15) is 0 Å². The summed E-state index contributed by atoms with van der Waals surface area (Å²) in [5.41, 5.74) is 0. The highest BCUT2D eigenvalue weighted by Crippen LogP contribution is 2.37. The monoisotopic (exact) mass is 105 g/mol. The molecule has 0 amide bonds. The fourth-order valence-corrected chi connectivity index (χ4v) is 1.43. The molecule has 6 heavy (non-hydrogen) atoms. The molecule has 1 aromatic heterocycles. The lowest BCUT2D eigenvalue weighted by Crippen LogP contribution is -1.90. The molecular formula is C2H4NO2P. The Morgan fingerprint density at radius 1 is 1.67 bits per heavy atom. The van der Waals surface area contributed by atoms with Crippen LogP contribution in [0.25, 0.3) is 0 Å². The van der Waals surface area contributed by atoms with Gasteiger partial charge in [0.2, 0.25) is 0 Å². The lowest BCUT2D eigenvalue weighted by atomic mass is 10.8. The highest BCUT2D eigenvalue weighted by Gasteiger charge is 2.20. The predicted molar refractivity (Wildman–Crippen MR) is 20.9 cm³/mol. The average molecular weight is 105 g/mol. The van der Waals surface area contributed by atoms with Gasteiger partial charge in [0.05, 0.1) is 13.2 Å². The van der Waals surface area contributed by atoms with Crippen molar-refractivity contribution in [3.63, 3.8) is 0 Å². The van der Waals surface area contributed by atoms with Crippen LogP contribution in [0.15, 0.2) is 4.30 Å². The number of hydrogen-bond acceptors (Lipinski definition) is 2. The predicted octanol–water partition coefficient (Wildman–Crippen LogP) is 0.510. The minimum absolute atomic E-state index is 0.465. The van der Waals surface area contributed by atoms with Gasteiger partial charge in [-0.15, -0.1) is 4.50 Å². The minimum atomic E-state index is -0.465. The molecule has 0 N–H and O–H groups in total. The van der Waals surface area contributed by atoms with E-state index >= 15 is 0 Å². The van der Waals surface area contributed by atoms with Crippen LogP contribution < -0.4 is 4.52 Å². The first-order valence-electron chi connectivity index (χ1n) is 1.85. The third-order valence-electron chi connectivity index (χ3n) is 0.806. The summed E-state index contributed by atoms with van der Waals surface area (Å²) in [6.45, 7) is 1.84. The summed E-state index contributed by atoms with van der Waals surface area (Å²) < 4.78 is 11.7. The van der Waals surface area contributed by atoms with Gasteiger partial charge in [0.15, 0.2) is 0 Å². The van der Waals surface area contributed by atoms with Gasteiger partial charge < -0.3 is 4.30 Å². The van der Waals surface area contributed by atoms with E-state index in [1.165, 1.54) is 0 Å². The highest BCUT2D eigenvalue weighted by atomic mass is 31.1. The van der Waals surface area contributed by atoms with E-state index in [4.69, 9.17) is 8.83 Å². The molecule has 1 unspecified atom stereocenters. The number of hydrogen-bond donors (Lipinski definition) is 0. The lowest BCUT2D eigenvalue weighted by Gasteiger charge is -1.77. The fraction of sp³-hybridized carbons (Fsp3) is 1.00. The van der Waals surface area contributed by atoms with Crippen molar-refractivity contribution >= 4 is 8.16 Å². The molecule has 0 bridgehead atoms. The second-order valence-corrected chi connectivity index (χ2v) is 2.57. The van der Waals surface area contributed by atoms with Crippen molar-refractivity contribution in [1.82, 2.24) is 4.50 Å². The zero-order valence-corrected chi connectivity index (χ0v) is 4.02. The molecule has 2 heterocycles. The summed E-state index contributed by atoms with van der Waals surface area (Å²) in [4.78, 5) is 0. The second kappa shape index (κ2) is 0.745. The molecule has 0 aromatic carbocycles. The van der Waals surface area contributed by atoms with E-state index in [9.17, 15) is 0 Å². The first-order valence-corrected chi connectivity index (χ1v) is 2.98. The molecule has 0 saturated heterocycles. The van der Waals surface area contributed by atoms with Crippen LogP contribution in [0.2, 0.25) is 0 Å². The number of fused-ring (bicyclic) bond motifs is 1. The summed E-state index contributed by atoms with van der Waals surface area (Å²) in [5.74, 6) is 0. The van der Waals surface area contributed by atoms with E-state index in [-0.39, 0.29) is 0 Å². The molecule has 0 fully saturated rings. The fourth-order valence-electron chi connectivity index (χ4n) is 0.472. The Bertz CT molecular complexity index is 126. The van der Waals surface area contributed by atoms with Crippen LogP contribution in [-0.2, 0) is 6.54 Å². The van der Waals surface area contributed by atoms with Crippen LogP contribution >= 0.6 is 8.16 Å². The van der Waals surface area contributed by atoms with Gasteiger partial charge in [-0.2, -0.15) is 0 Å². The van der Waals surface area contributed by atoms with Gasteiger partial charge in [-0.05, 0) is 0 Å². The summed E-state index contributed by atoms with van der Waals surface area (Å²) in [6.07, 6.45) is 0. The quantitative estimate of drug-likeness (QED) is 0.480. The average Bonchev–Trinajstić information content (AvgIpc) is 2.17. The first kappa shape index (κ1) is 2.94. The van der Waals surface area contributed by atoms with Crippen molar-refractivity contribution in [3.8, 4) is 0 Å². The van der Waals surface area contributed by atoms with Crippen LogP contribution in [0.4, 0.5) is 0 Å². The molecule has 0 radical (unpaired) electrons. The Morgan fingerprint density at radius 3 is 2.83 bits per heavy atom. The number of nitrogens with zero attached hydrogens (tertiary/aromatic N) is 1. The van der Waals surface area contributed by atoms with Crippen LogP contribution in [0.3, 0.4) is 0 Å². The zero-order chi connectivity index (χ0) is 3.98. The first-order chi connectivity index (χ1) is 2.97. The van der Waals surface area contributed by atoms with Crippen molar-refractivity contribution in [2.75, 3.05) is 6.61 Å². The largest absolute Gasteiger partial charge is 0.331 e. The van der Waals surface area contributed by atoms with E-state index in [1.807, 2.05) is 4.50 Å². The molecule has 0 saturated carbocycles. The third-order valence-corrected chi connectivity index (χ3v) is 2.05. The van der Waals surface area contributed by atoms with Crippen molar-refractivity contribution in [3.05, 3.63) is 0 Å². The second-order valence-electron chi connectivity index (χ2n) is 1.23. The molecule has 1 aromatic rings. The Morgan fingerprint density at radius 2 is 2.67 bits per heavy atom. The third kappa shape index (κ3) is 0.224. The van der Waals surface area contributed by atoms with Crippen molar-refractivity contribution in [2.24, 2.45) is 0 Å². The maximum absolute atomic E-state index is 5.00. The normalized spacial score (nSPS) is 22.3. The maximum Gasteiger partial charge on any atom is 0.331 e. The molecule has 34 valence electrons. The Hall–Kier alpha value is -0.140. The van der Waals surface area contributed by atoms with E-state index in [1.54, 1.807) is 0 Å². The van der Waals surface area contributed by atoms with Crippen molar-refractivity contribution in [2.45, 2.75) is 6.54 Å². The van der Waals surface area contributed by atoms with Crippen LogP contribution in [-0.4, -0.2) is 11.1 Å². The zero-order valence-electron chi connectivity index (χ0n) is 3.13. The van der Waals surface area contributed by atoms with E-state index in [2.05, 4.69) is 0 Å². The van der Waals surface area contributed by atoms with Crippen LogP contribution in [0.1, 0.15) is 0 Å². The molecule has 1 aliphatic heterocycles. The van der Waals surface area contributed by atoms with Gasteiger partial charge in [-0.1, -0.05) is 0 Å². The minimum Gasteiger partial charge on any atom is -0.316 e. The molecule has 3 nitrogen and oxygen atoms in total. The topological polar surface area (TPSA) is 27.3 Å². The highest BCUT2D eigenvalue weighted by molar-refractivity contribution is 7.37. The van der Waals surface area contributed by atoms with Gasteiger partial charge in [-0.25, -0.2) is 0 Å². The Kier molecular flexibility index (Phi) is 0.365. The van der Waals surface area contributed by atoms with Gasteiger partial charge in [0, 0.05) is 0 Å². The number of aromatic nitrogens is 1.